The number of hydrogen-bond acceptors (Lipinski definition) is 0. The van der Waals surface area contributed by atoms with Crippen LogP contribution in [0.5, 0.6) is 0 Å². The molecule has 3 heteroatoms. The van der Waals surface area contributed by atoms with Crippen LogP contribution in [0.2, 0.25) is 0 Å². The minimum Gasteiger partial charge on any atom is -1.00 e. The second-order valence-electron chi connectivity index (χ2n) is 13.8. The Bertz CT molecular complexity index is 500. The Hall–Kier alpha value is -0.230. The molecule has 0 aromatic heterocycles. The third kappa shape index (κ3) is 32.2. The number of unbranched alkanes of at least 4 members (excludes halogenated alkanes) is 22. The van der Waals surface area contributed by atoms with Crippen molar-refractivity contribution in [2.45, 2.75) is 168 Å². The molecule has 0 aromatic carbocycles. The van der Waals surface area contributed by atoms with Gasteiger partial charge in [0.1, 0.15) is 13.1 Å². The van der Waals surface area contributed by atoms with Gasteiger partial charge >= 0.3 is 0 Å². The molecule has 0 aliphatic rings. The van der Waals surface area contributed by atoms with Gasteiger partial charge in [-0.05, 0) is 37.5 Å². The molecule has 2 nitrogen and oxygen atoms in total. The fraction of sp³-hybridized carbons (Fsp3) is 0.944. The molecule has 0 aliphatic carbocycles. The molecular weight excluding hydrogens is 496 g/mol. The van der Waals surface area contributed by atoms with Gasteiger partial charge in [0.15, 0.2) is 0 Å². The van der Waals surface area contributed by atoms with E-state index in [2.05, 4.69) is 53.9 Å². The van der Waals surface area contributed by atoms with E-state index < -0.39 is 0 Å². The third-order valence-electron chi connectivity index (χ3n) is 8.37. The number of nitrogens with zero attached hydrogens (tertiary/aromatic N) is 2. The molecule has 0 saturated heterocycles. The van der Waals surface area contributed by atoms with Crippen molar-refractivity contribution in [2.75, 3.05) is 54.4 Å². The summed E-state index contributed by atoms with van der Waals surface area (Å²) in [7, 11) is 9.44. The predicted molar refractivity (Wildman–Crippen MR) is 174 cm³/mol. The fourth-order valence-electron chi connectivity index (χ4n) is 5.46. The lowest BCUT2D eigenvalue weighted by molar-refractivity contribution is -0.885. The lowest BCUT2D eigenvalue weighted by atomic mass is 10.1. The first-order valence-corrected chi connectivity index (χ1v) is 17.4. The van der Waals surface area contributed by atoms with E-state index >= 15 is 0 Å². The average molecular weight is 570 g/mol. The third-order valence-corrected chi connectivity index (χ3v) is 8.37. The first kappa shape index (κ1) is 40.9. The number of hydrogen-bond donors (Lipinski definition) is 0. The monoisotopic (exact) mass is 570 g/mol. The van der Waals surface area contributed by atoms with Crippen LogP contribution in [-0.2, 0) is 0 Å². The zero-order valence-corrected chi connectivity index (χ0v) is 28.8. The van der Waals surface area contributed by atoms with Crippen LogP contribution >= 0.6 is 0 Å². The highest BCUT2D eigenvalue weighted by Gasteiger charge is 2.14. The standard InChI is InChI=1S/C36H74N2.ClH/c1-7-9-11-13-15-17-19-21-23-25-27-29-33-37(3,4)35-31-32-36-38(5,6)34-30-28-26-24-22-20-18-16-14-12-10-8-2;/h7-30,33-36H2,1-6H3;1H/q+2;/p-1. The van der Waals surface area contributed by atoms with Gasteiger partial charge in [0.2, 0.25) is 0 Å². The highest BCUT2D eigenvalue weighted by molar-refractivity contribution is 4.99. The summed E-state index contributed by atoms with van der Waals surface area (Å²) in [6, 6.07) is 0. The van der Waals surface area contributed by atoms with Gasteiger partial charge in [0.05, 0.1) is 41.3 Å². The van der Waals surface area contributed by atoms with Crippen LogP contribution in [0.1, 0.15) is 168 Å². The molecule has 0 spiro atoms. The largest absolute Gasteiger partial charge is 1.00 e. The first-order valence-electron chi connectivity index (χ1n) is 17.4. The molecule has 0 saturated carbocycles. The zero-order valence-electron chi connectivity index (χ0n) is 28.1. The highest BCUT2D eigenvalue weighted by atomic mass is 35.5. The smallest absolute Gasteiger partial charge is 0.140 e. The van der Waals surface area contributed by atoms with Gasteiger partial charge in [0.25, 0.3) is 0 Å². The van der Waals surface area contributed by atoms with Gasteiger partial charge in [-0.15, -0.1) is 0 Å². The molecule has 0 rings (SSSR count). The Morgan fingerprint density at radius 2 is 0.538 bits per heavy atom. The average Bonchev–Trinajstić information content (AvgIpc) is 2.88. The highest BCUT2D eigenvalue weighted by Crippen LogP contribution is 2.14. The predicted octanol–water partition coefficient (Wildman–Crippen LogP) is 7.55. The van der Waals surface area contributed by atoms with Gasteiger partial charge in [-0.25, -0.2) is 0 Å². The van der Waals surface area contributed by atoms with Crippen LogP contribution in [0.25, 0.3) is 0 Å². The van der Waals surface area contributed by atoms with Gasteiger partial charge < -0.3 is 21.4 Å². The summed E-state index contributed by atoms with van der Waals surface area (Å²) < 4.78 is 2.11. The van der Waals surface area contributed by atoms with Crippen molar-refractivity contribution in [2.24, 2.45) is 0 Å². The summed E-state index contributed by atoms with van der Waals surface area (Å²) in [5.41, 5.74) is 0. The zero-order chi connectivity index (χ0) is 28.2. The molecule has 0 aromatic rings. The van der Waals surface area contributed by atoms with Gasteiger partial charge in [0, 0.05) is 0 Å². The fourth-order valence-corrected chi connectivity index (χ4v) is 5.46. The normalized spacial score (nSPS) is 11.7. The summed E-state index contributed by atoms with van der Waals surface area (Å²) in [4.78, 5) is 0. The Kier molecular flexibility index (Phi) is 30.7. The Labute approximate surface area is 255 Å². The van der Waals surface area contributed by atoms with Gasteiger partial charge in [-0.2, -0.15) is 0 Å². The minimum atomic E-state index is 0. The first-order chi connectivity index (χ1) is 18.3. The number of rotatable bonds is 28. The van der Waals surface area contributed by atoms with Crippen molar-refractivity contribution < 1.29 is 21.4 Å². The van der Waals surface area contributed by atoms with Crippen molar-refractivity contribution in [3.8, 4) is 11.8 Å². The molecule has 0 atom stereocenters. The maximum atomic E-state index is 3.53. The number of quaternary nitrogens is 2. The van der Waals surface area contributed by atoms with E-state index in [9.17, 15) is 0 Å². The van der Waals surface area contributed by atoms with Crippen LogP contribution in [0.3, 0.4) is 0 Å². The molecule has 0 fully saturated rings. The van der Waals surface area contributed by atoms with Crippen LogP contribution in [0.15, 0.2) is 0 Å². The molecule has 0 amide bonds. The van der Waals surface area contributed by atoms with Crippen LogP contribution in [0, 0.1) is 11.8 Å². The molecular formula is C36H74ClN2+. The second-order valence-corrected chi connectivity index (χ2v) is 13.8. The second kappa shape index (κ2) is 29.3. The molecule has 0 radical (unpaired) electrons. The van der Waals surface area contributed by atoms with Crippen molar-refractivity contribution in [3.63, 3.8) is 0 Å². The van der Waals surface area contributed by atoms with Gasteiger partial charge in [-0.1, -0.05) is 142 Å². The van der Waals surface area contributed by atoms with E-state index in [1.54, 1.807) is 0 Å². The molecule has 0 heterocycles. The van der Waals surface area contributed by atoms with Crippen LogP contribution in [0.4, 0.5) is 0 Å². The van der Waals surface area contributed by atoms with Crippen LogP contribution in [-0.4, -0.2) is 63.3 Å². The molecule has 0 bridgehead atoms. The van der Waals surface area contributed by atoms with E-state index in [1.807, 2.05) is 0 Å². The van der Waals surface area contributed by atoms with E-state index in [0.717, 1.165) is 22.1 Å². The van der Waals surface area contributed by atoms with Crippen molar-refractivity contribution in [1.29, 1.82) is 0 Å². The summed E-state index contributed by atoms with van der Waals surface area (Å²) in [5, 5.41) is 0. The van der Waals surface area contributed by atoms with E-state index in [0.29, 0.717) is 0 Å². The summed E-state index contributed by atoms with van der Waals surface area (Å²) >= 11 is 0. The summed E-state index contributed by atoms with van der Waals surface area (Å²) in [6.45, 7) is 9.13. The van der Waals surface area contributed by atoms with E-state index in [1.165, 1.54) is 167 Å². The molecule has 0 aliphatic heterocycles. The Balaban J connectivity index is 0. The Morgan fingerprint density at radius 1 is 0.333 bits per heavy atom. The number of halogens is 1. The van der Waals surface area contributed by atoms with Crippen molar-refractivity contribution in [3.05, 3.63) is 0 Å². The van der Waals surface area contributed by atoms with Crippen molar-refractivity contribution in [1.82, 2.24) is 0 Å². The lowest BCUT2D eigenvalue weighted by Gasteiger charge is -2.28. The quantitative estimate of drug-likeness (QED) is 0.0518. The molecule has 39 heavy (non-hydrogen) atoms. The van der Waals surface area contributed by atoms with Gasteiger partial charge in [-0.3, -0.25) is 0 Å². The maximum absolute atomic E-state index is 3.53. The maximum Gasteiger partial charge on any atom is 0.140 e. The SMILES string of the molecule is CCCCCCCCCCCCCC[N+](C)(C)CC#CC[N+](C)(C)CCCCCCCCCCCCCC.[Cl-]. The summed E-state index contributed by atoms with van der Waals surface area (Å²) in [5.74, 6) is 7.06. The lowest BCUT2D eigenvalue weighted by Crippen LogP contribution is -3.00. The molecule has 234 valence electrons. The van der Waals surface area contributed by atoms with Crippen molar-refractivity contribution >= 4 is 0 Å². The van der Waals surface area contributed by atoms with E-state index in [-0.39, 0.29) is 12.4 Å². The topological polar surface area (TPSA) is 0 Å². The Morgan fingerprint density at radius 3 is 0.769 bits per heavy atom. The summed E-state index contributed by atoms with van der Waals surface area (Å²) in [6.07, 6.45) is 34.3. The minimum absolute atomic E-state index is 0. The molecule has 0 N–H and O–H groups in total. The van der Waals surface area contributed by atoms with Crippen LogP contribution < -0.4 is 12.4 Å². The molecule has 0 unspecified atom stereocenters. The van der Waals surface area contributed by atoms with E-state index in [4.69, 9.17) is 0 Å².